The molecule has 25 heavy (non-hydrogen) atoms. The number of nitrogens with one attached hydrogen (secondary N) is 1. The fourth-order valence-corrected chi connectivity index (χ4v) is 3.30. The van der Waals surface area contributed by atoms with Crippen molar-refractivity contribution in [3.05, 3.63) is 52.2 Å². The van der Waals surface area contributed by atoms with Gasteiger partial charge in [0.05, 0.1) is 6.61 Å². The Bertz CT molecular complexity index is 897. The number of rotatable bonds is 3. The summed E-state index contributed by atoms with van der Waals surface area (Å²) in [5, 5.41) is 9.47. The van der Waals surface area contributed by atoms with Gasteiger partial charge in [0.25, 0.3) is 0 Å². The number of benzene rings is 1. The highest BCUT2D eigenvalue weighted by atomic mass is 16.5. The second-order valence-electron chi connectivity index (χ2n) is 6.41. The monoisotopic (exact) mass is 334 g/mol. The molecule has 0 radical (unpaired) electrons. The van der Waals surface area contributed by atoms with E-state index < -0.39 is 5.97 Å². The van der Waals surface area contributed by atoms with E-state index in [1.54, 1.807) is 6.92 Å². The van der Waals surface area contributed by atoms with Gasteiger partial charge in [-0.05, 0) is 74.4 Å². The number of nitriles is 1. The van der Waals surface area contributed by atoms with Crippen LogP contribution in [0.25, 0.3) is 16.8 Å². The molecule has 1 aliphatic rings. The van der Waals surface area contributed by atoms with E-state index in [2.05, 4.69) is 49.2 Å². The number of aromatic amines is 1. The van der Waals surface area contributed by atoms with Crippen molar-refractivity contribution in [1.29, 1.82) is 5.26 Å². The molecule has 0 saturated carbocycles. The first-order valence-corrected chi connectivity index (χ1v) is 8.65. The lowest BCUT2D eigenvalue weighted by Gasteiger charge is -2.16. The molecular weight excluding hydrogens is 312 g/mol. The van der Waals surface area contributed by atoms with Crippen LogP contribution in [0.2, 0.25) is 0 Å². The summed E-state index contributed by atoms with van der Waals surface area (Å²) in [6, 6.07) is 10.5. The molecule has 4 nitrogen and oxygen atoms in total. The van der Waals surface area contributed by atoms with Gasteiger partial charge in [0, 0.05) is 17.0 Å². The van der Waals surface area contributed by atoms with Gasteiger partial charge in [-0.25, -0.2) is 4.79 Å². The maximum Gasteiger partial charge on any atom is 0.349 e. The Kier molecular flexibility index (Phi) is 4.76. The Balaban J connectivity index is 2.08. The number of nitrogens with zero attached hydrogens (tertiary/aromatic N) is 1. The second kappa shape index (κ2) is 6.98. The van der Waals surface area contributed by atoms with Gasteiger partial charge in [0.15, 0.2) is 0 Å². The first-order valence-electron chi connectivity index (χ1n) is 8.65. The molecule has 1 aromatic heterocycles. The third-order valence-electron chi connectivity index (χ3n) is 4.79. The Labute approximate surface area is 148 Å². The number of aryl methyl sites for hydroxylation is 3. The highest BCUT2D eigenvalue weighted by Crippen LogP contribution is 2.36. The van der Waals surface area contributed by atoms with Crippen molar-refractivity contribution in [3.8, 4) is 17.3 Å². The van der Waals surface area contributed by atoms with Crippen LogP contribution in [0.15, 0.2) is 29.8 Å². The Morgan fingerprint density at radius 1 is 1.24 bits per heavy atom. The lowest BCUT2D eigenvalue weighted by atomic mass is 9.89. The van der Waals surface area contributed by atoms with E-state index in [-0.39, 0.29) is 12.2 Å². The van der Waals surface area contributed by atoms with E-state index in [1.807, 2.05) is 0 Å². The zero-order valence-corrected chi connectivity index (χ0v) is 14.9. The molecule has 0 saturated heterocycles. The van der Waals surface area contributed by atoms with Crippen LogP contribution in [0.1, 0.15) is 42.1 Å². The van der Waals surface area contributed by atoms with Gasteiger partial charge >= 0.3 is 5.97 Å². The summed E-state index contributed by atoms with van der Waals surface area (Å²) in [6.07, 6.45) is 2.56. The van der Waals surface area contributed by atoms with E-state index in [0.29, 0.717) is 0 Å². The summed E-state index contributed by atoms with van der Waals surface area (Å²) in [4.78, 5) is 15.6. The van der Waals surface area contributed by atoms with Crippen LogP contribution in [0.5, 0.6) is 0 Å². The molecule has 0 unspecified atom stereocenters. The molecular formula is C21H22N2O2. The van der Waals surface area contributed by atoms with Crippen molar-refractivity contribution in [2.75, 3.05) is 6.61 Å². The molecule has 4 heteroatoms. The van der Waals surface area contributed by atoms with Crippen molar-refractivity contribution in [2.24, 2.45) is 0 Å². The fourth-order valence-electron chi connectivity index (χ4n) is 3.30. The van der Waals surface area contributed by atoms with E-state index in [0.717, 1.165) is 47.4 Å². The summed E-state index contributed by atoms with van der Waals surface area (Å²) in [5.74, 6) is -0.526. The molecule has 2 aromatic rings. The number of allylic oxidation sites excluding steroid dienone is 1. The number of esters is 1. The molecule has 3 rings (SSSR count). The largest absolute Gasteiger partial charge is 0.462 e. The molecule has 128 valence electrons. The third kappa shape index (κ3) is 3.23. The number of carbonyl (C=O) groups excluding carboxylic acids is 1. The Morgan fingerprint density at radius 3 is 2.72 bits per heavy atom. The van der Waals surface area contributed by atoms with Crippen molar-refractivity contribution < 1.29 is 9.53 Å². The predicted molar refractivity (Wildman–Crippen MR) is 97.8 cm³/mol. The molecule has 0 amide bonds. The Morgan fingerprint density at radius 2 is 2.04 bits per heavy atom. The van der Waals surface area contributed by atoms with Crippen LogP contribution >= 0.6 is 0 Å². The molecule has 1 aliphatic carbocycles. The topological polar surface area (TPSA) is 65.9 Å². The van der Waals surface area contributed by atoms with E-state index in [9.17, 15) is 10.1 Å². The summed E-state index contributed by atoms with van der Waals surface area (Å²) >= 11 is 0. The minimum absolute atomic E-state index is 0.133. The van der Waals surface area contributed by atoms with Crippen molar-refractivity contribution in [3.63, 3.8) is 0 Å². The molecule has 1 aromatic carbocycles. The lowest BCUT2D eigenvalue weighted by molar-refractivity contribution is -0.137. The first-order chi connectivity index (χ1) is 12.0. The fraction of sp³-hybridized carbons (Fsp3) is 0.333. The first kappa shape index (κ1) is 17.0. The quantitative estimate of drug-likeness (QED) is 0.511. The number of H-pyrrole nitrogens is 1. The molecule has 0 aliphatic heterocycles. The lowest BCUT2D eigenvalue weighted by Crippen LogP contribution is -2.11. The van der Waals surface area contributed by atoms with Crippen LogP contribution in [0.4, 0.5) is 0 Å². The van der Waals surface area contributed by atoms with Gasteiger partial charge in [-0.1, -0.05) is 12.1 Å². The number of hydrogen-bond donors (Lipinski definition) is 1. The van der Waals surface area contributed by atoms with Gasteiger partial charge in [0.2, 0.25) is 0 Å². The van der Waals surface area contributed by atoms with Crippen LogP contribution < -0.4 is 0 Å². The van der Waals surface area contributed by atoms with Crippen molar-refractivity contribution >= 4 is 11.5 Å². The molecule has 1 heterocycles. The average molecular weight is 334 g/mol. The zero-order valence-electron chi connectivity index (χ0n) is 14.9. The minimum Gasteiger partial charge on any atom is -0.462 e. The highest BCUT2D eigenvalue weighted by molar-refractivity contribution is 6.02. The average Bonchev–Trinajstić information content (AvgIpc) is 3.03. The number of hydrogen-bond acceptors (Lipinski definition) is 3. The van der Waals surface area contributed by atoms with Crippen LogP contribution in [0, 0.1) is 25.2 Å². The normalized spacial score (nSPS) is 15.3. The van der Waals surface area contributed by atoms with Crippen LogP contribution in [0.3, 0.4) is 0 Å². The van der Waals surface area contributed by atoms with Crippen molar-refractivity contribution in [2.45, 2.75) is 40.0 Å². The summed E-state index contributed by atoms with van der Waals surface area (Å²) in [7, 11) is 0. The molecule has 0 atom stereocenters. The minimum atomic E-state index is -0.526. The molecule has 0 spiro atoms. The van der Waals surface area contributed by atoms with E-state index in [1.165, 1.54) is 11.1 Å². The predicted octanol–water partition coefficient (Wildman–Crippen LogP) is 4.48. The number of aromatic nitrogens is 1. The van der Waals surface area contributed by atoms with Gasteiger partial charge in [0.1, 0.15) is 11.6 Å². The highest BCUT2D eigenvalue weighted by Gasteiger charge is 2.24. The standard InChI is InChI=1S/C21H22N2O2/c1-4-25-21(24)18(12-22)16-6-5-7-19-17(16)11-20(23-19)15-9-8-13(2)14(3)10-15/h8-11,23H,4-7H2,1-3H3. The molecule has 0 fully saturated rings. The van der Waals surface area contributed by atoms with Crippen LogP contribution in [-0.4, -0.2) is 17.6 Å². The molecule has 0 bridgehead atoms. The van der Waals surface area contributed by atoms with Gasteiger partial charge in [-0.2, -0.15) is 5.26 Å². The molecule has 1 N–H and O–H groups in total. The van der Waals surface area contributed by atoms with E-state index in [4.69, 9.17) is 4.74 Å². The summed E-state index contributed by atoms with van der Waals surface area (Å²) in [6.45, 7) is 6.21. The Hall–Kier alpha value is -2.80. The summed E-state index contributed by atoms with van der Waals surface area (Å²) < 4.78 is 5.05. The van der Waals surface area contributed by atoms with Crippen molar-refractivity contribution in [1.82, 2.24) is 4.98 Å². The number of ether oxygens (including phenoxy) is 1. The van der Waals surface area contributed by atoms with Crippen LogP contribution in [-0.2, 0) is 16.0 Å². The summed E-state index contributed by atoms with van der Waals surface area (Å²) in [5.41, 5.74) is 7.64. The van der Waals surface area contributed by atoms with E-state index >= 15 is 0 Å². The van der Waals surface area contributed by atoms with Gasteiger partial charge in [-0.3, -0.25) is 0 Å². The zero-order chi connectivity index (χ0) is 18.0. The third-order valence-corrected chi connectivity index (χ3v) is 4.79. The SMILES string of the molecule is CCOC(=O)C(C#N)=C1CCCc2[nH]c(-c3ccc(C)c(C)c3)cc21. The second-order valence-corrected chi connectivity index (χ2v) is 6.41. The number of carbonyl (C=O) groups is 1. The smallest absolute Gasteiger partial charge is 0.349 e. The maximum absolute atomic E-state index is 12.1. The van der Waals surface area contributed by atoms with Gasteiger partial charge < -0.3 is 9.72 Å². The number of fused-ring (bicyclic) bond motifs is 1. The van der Waals surface area contributed by atoms with Gasteiger partial charge in [-0.15, -0.1) is 0 Å². The maximum atomic E-state index is 12.1.